The topological polar surface area (TPSA) is 85.1 Å². The Balaban J connectivity index is 2.31. The molecule has 0 fully saturated rings. The predicted octanol–water partition coefficient (Wildman–Crippen LogP) is 3.28. The maximum atomic E-state index is 14.3. The number of allylic oxidation sites excluding steroid dienone is 1. The van der Waals surface area contributed by atoms with Gasteiger partial charge in [0.25, 0.3) is 0 Å². The quantitative estimate of drug-likeness (QED) is 0.791. The highest BCUT2D eigenvalue weighted by molar-refractivity contribution is 6.31. The van der Waals surface area contributed by atoms with Crippen molar-refractivity contribution in [2.45, 2.75) is 5.92 Å². The summed E-state index contributed by atoms with van der Waals surface area (Å²) in [7, 11) is 0. The molecule has 4 N–H and O–H groups in total. The molecule has 4 nitrogen and oxygen atoms in total. The molecular weight excluding hydrogens is 305 g/mol. The Labute approximate surface area is 131 Å². The second-order valence-electron chi connectivity index (χ2n) is 4.86. The van der Waals surface area contributed by atoms with Gasteiger partial charge in [-0.3, -0.25) is 0 Å². The number of fused-ring (bicyclic) bond motifs is 1. The molecule has 110 valence electrons. The second-order valence-corrected chi connectivity index (χ2v) is 5.26. The van der Waals surface area contributed by atoms with Crippen molar-refractivity contribution >= 4 is 17.3 Å². The highest BCUT2D eigenvalue weighted by atomic mass is 35.5. The third-order valence-corrected chi connectivity index (χ3v) is 3.86. The Hall–Kier alpha value is -2.71. The number of rotatable bonds is 1. The molecule has 0 saturated carbocycles. The van der Waals surface area contributed by atoms with Crippen LogP contribution < -0.4 is 16.2 Å². The lowest BCUT2D eigenvalue weighted by atomic mass is 9.83. The number of halogens is 2. The van der Waals surface area contributed by atoms with E-state index in [1.54, 1.807) is 24.3 Å². The number of benzene rings is 2. The van der Waals surface area contributed by atoms with Crippen molar-refractivity contribution in [3.05, 3.63) is 69.8 Å². The molecule has 2 aromatic rings. The molecule has 1 aliphatic rings. The average molecular weight is 316 g/mol. The van der Waals surface area contributed by atoms with Gasteiger partial charge < -0.3 is 16.2 Å². The van der Waals surface area contributed by atoms with E-state index in [1.807, 2.05) is 6.07 Å². The number of anilines is 1. The van der Waals surface area contributed by atoms with E-state index in [1.165, 1.54) is 12.1 Å². The van der Waals surface area contributed by atoms with Crippen molar-refractivity contribution in [2.75, 3.05) is 5.73 Å². The van der Waals surface area contributed by atoms with E-state index in [0.29, 0.717) is 17.0 Å². The number of hydrogen-bond donors (Lipinski definition) is 2. The molecule has 2 aromatic carbocycles. The van der Waals surface area contributed by atoms with Gasteiger partial charge in [0.1, 0.15) is 23.2 Å². The first-order chi connectivity index (χ1) is 10.5. The number of nitrogen functional groups attached to an aromatic ring is 1. The molecule has 0 radical (unpaired) electrons. The summed E-state index contributed by atoms with van der Waals surface area (Å²) in [5, 5.41) is 9.61. The zero-order chi connectivity index (χ0) is 15.9. The smallest absolute Gasteiger partial charge is 0.205 e. The Morgan fingerprint density at radius 2 is 2.00 bits per heavy atom. The molecule has 22 heavy (non-hydrogen) atoms. The van der Waals surface area contributed by atoms with Crippen molar-refractivity contribution in [1.29, 1.82) is 5.26 Å². The van der Waals surface area contributed by atoms with Gasteiger partial charge in [-0.2, -0.15) is 5.26 Å². The Bertz CT molecular complexity index is 822. The van der Waals surface area contributed by atoms with Crippen LogP contribution in [0.4, 0.5) is 10.1 Å². The van der Waals surface area contributed by atoms with Crippen molar-refractivity contribution in [2.24, 2.45) is 5.73 Å². The molecule has 0 saturated heterocycles. The summed E-state index contributed by atoms with van der Waals surface area (Å²) in [5.41, 5.74) is 12.9. The van der Waals surface area contributed by atoms with Gasteiger partial charge in [0.15, 0.2) is 0 Å². The molecule has 1 aliphatic heterocycles. The molecule has 3 rings (SSSR count). The molecule has 0 amide bonds. The zero-order valence-corrected chi connectivity index (χ0v) is 12.1. The molecular formula is C16H11ClFN3O. The van der Waals surface area contributed by atoms with Crippen LogP contribution in [0.25, 0.3) is 0 Å². The molecule has 0 bridgehead atoms. The lowest BCUT2D eigenvalue weighted by molar-refractivity contribution is 0.393. The third kappa shape index (κ3) is 2.14. The van der Waals surface area contributed by atoms with Gasteiger partial charge >= 0.3 is 0 Å². The van der Waals surface area contributed by atoms with Crippen LogP contribution >= 0.6 is 11.6 Å². The van der Waals surface area contributed by atoms with Crippen LogP contribution in [-0.2, 0) is 0 Å². The predicted molar refractivity (Wildman–Crippen MR) is 81.6 cm³/mol. The van der Waals surface area contributed by atoms with Crippen LogP contribution in [0.1, 0.15) is 17.0 Å². The van der Waals surface area contributed by atoms with Crippen molar-refractivity contribution in [1.82, 2.24) is 0 Å². The van der Waals surface area contributed by atoms with Gasteiger partial charge in [-0.25, -0.2) is 4.39 Å². The van der Waals surface area contributed by atoms with Gasteiger partial charge in [-0.1, -0.05) is 23.7 Å². The van der Waals surface area contributed by atoms with E-state index in [2.05, 4.69) is 0 Å². The standard InChI is InChI=1S/C16H11ClFN3O/c17-11-2-1-3-12(18)15(11)14-9-5-4-8(20)6-13(9)22-16(21)10(14)7-19/h1-6,14H,20-21H2/t14-/m1/s1. The molecule has 0 aliphatic carbocycles. The summed E-state index contributed by atoms with van der Waals surface area (Å²) in [4.78, 5) is 0. The fourth-order valence-electron chi connectivity index (χ4n) is 2.56. The van der Waals surface area contributed by atoms with Crippen molar-refractivity contribution in [3.63, 3.8) is 0 Å². The zero-order valence-electron chi connectivity index (χ0n) is 11.3. The first-order valence-corrected chi connectivity index (χ1v) is 6.81. The minimum absolute atomic E-state index is 0.0788. The lowest BCUT2D eigenvalue weighted by Gasteiger charge is -2.27. The molecule has 6 heteroatoms. The van der Waals surface area contributed by atoms with Crippen LogP contribution in [0.15, 0.2) is 47.9 Å². The van der Waals surface area contributed by atoms with Gasteiger partial charge in [0, 0.05) is 27.9 Å². The van der Waals surface area contributed by atoms with E-state index >= 15 is 0 Å². The monoisotopic (exact) mass is 315 g/mol. The Kier molecular flexibility index (Phi) is 3.39. The lowest BCUT2D eigenvalue weighted by Crippen LogP contribution is -2.22. The SMILES string of the molecule is N#CC1=C(N)Oc2cc(N)ccc2[C@H]1c1c(F)cccc1Cl. The van der Waals surface area contributed by atoms with Crippen LogP contribution in [0.3, 0.4) is 0 Å². The highest BCUT2D eigenvalue weighted by Gasteiger charge is 2.33. The summed E-state index contributed by atoms with van der Waals surface area (Å²) in [6.07, 6.45) is 0. The summed E-state index contributed by atoms with van der Waals surface area (Å²) >= 11 is 6.15. The molecule has 1 atom stereocenters. The van der Waals surface area contributed by atoms with Crippen molar-refractivity contribution < 1.29 is 9.13 Å². The Morgan fingerprint density at radius 1 is 1.23 bits per heavy atom. The summed E-state index contributed by atoms with van der Waals surface area (Å²) < 4.78 is 19.8. The molecule has 0 spiro atoms. The first-order valence-electron chi connectivity index (χ1n) is 6.44. The van der Waals surface area contributed by atoms with E-state index in [4.69, 9.17) is 27.8 Å². The summed E-state index contributed by atoms with van der Waals surface area (Å²) in [5.74, 6) is -0.934. The minimum atomic E-state index is -0.733. The minimum Gasteiger partial charge on any atom is -0.440 e. The highest BCUT2D eigenvalue weighted by Crippen LogP contribution is 2.45. The number of ether oxygens (including phenoxy) is 1. The number of nitrogens with two attached hydrogens (primary N) is 2. The van der Waals surface area contributed by atoms with Gasteiger partial charge in [0.2, 0.25) is 5.88 Å². The van der Waals surface area contributed by atoms with Gasteiger partial charge in [0.05, 0.1) is 5.92 Å². The van der Waals surface area contributed by atoms with Gasteiger partial charge in [-0.05, 0) is 18.2 Å². The van der Waals surface area contributed by atoms with Crippen LogP contribution in [-0.4, -0.2) is 0 Å². The normalized spacial score (nSPS) is 16.7. The largest absolute Gasteiger partial charge is 0.440 e. The fourth-order valence-corrected chi connectivity index (χ4v) is 2.83. The number of nitrogens with zero attached hydrogens (tertiary/aromatic N) is 1. The summed E-state index contributed by atoms with van der Waals surface area (Å²) in [6, 6.07) is 11.3. The first kappa shape index (κ1) is 14.2. The number of nitriles is 1. The van der Waals surface area contributed by atoms with E-state index in [9.17, 15) is 9.65 Å². The van der Waals surface area contributed by atoms with Crippen LogP contribution in [0.2, 0.25) is 5.02 Å². The number of hydrogen-bond acceptors (Lipinski definition) is 4. The van der Waals surface area contributed by atoms with Gasteiger partial charge in [-0.15, -0.1) is 0 Å². The van der Waals surface area contributed by atoms with E-state index in [0.717, 1.165) is 0 Å². The van der Waals surface area contributed by atoms with Crippen LogP contribution in [0, 0.1) is 17.1 Å². The summed E-state index contributed by atoms with van der Waals surface area (Å²) in [6.45, 7) is 0. The molecule has 1 heterocycles. The molecule has 0 unspecified atom stereocenters. The van der Waals surface area contributed by atoms with Crippen LogP contribution in [0.5, 0.6) is 5.75 Å². The maximum absolute atomic E-state index is 14.3. The van der Waals surface area contributed by atoms with E-state index in [-0.39, 0.29) is 22.0 Å². The Morgan fingerprint density at radius 3 is 2.68 bits per heavy atom. The second kappa shape index (κ2) is 5.24. The average Bonchev–Trinajstić information content (AvgIpc) is 2.46. The third-order valence-electron chi connectivity index (χ3n) is 3.53. The molecule has 0 aromatic heterocycles. The van der Waals surface area contributed by atoms with Crippen molar-refractivity contribution in [3.8, 4) is 11.8 Å². The fraction of sp³-hybridized carbons (Fsp3) is 0.0625. The van der Waals surface area contributed by atoms with E-state index < -0.39 is 11.7 Å². The maximum Gasteiger partial charge on any atom is 0.205 e.